The molecule has 0 saturated heterocycles. The van der Waals surface area contributed by atoms with Gasteiger partial charge < -0.3 is 10.5 Å². The van der Waals surface area contributed by atoms with Gasteiger partial charge in [0.2, 0.25) is 0 Å². The molecule has 0 aliphatic heterocycles. The molecule has 0 unspecified atom stereocenters. The number of nitrogens with two attached hydrogens (primary N) is 1. The van der Waals surface area contributed by atoms with Crippen LogP contribution in [0.5, 0.6) is 5.75 Å². The van der Waals surface area contributed by atoms with Gasteiger partial charge in [0.1, 0.15) is 5.75 Å². The summed E-state index contributed by atoms with van der Waals surface area (Å²) < 4.78 is 5.47. The zero-order valence-corrected chi connectivity index (χ0v) is 9.26. The maximum atomic E-state index is 7.04. The highest BCUT2D eigenvalue weighted by Gasteiger charge is 1.95. The Labute approximate surface area is 94.7 Å². The third-order valence-corrected chi connectivity index (χ3v) is 2.17. The molecule has 0 aliphatic carbocycles. The van der Waals surface area contributed by atoms with Crippen molar-refractivity contribution in [1.82, 2.24) is 0 Å². The molecule has 0 radical (unpaired) electrons. The van der Waals surface area contributed by atoms with E-state index in [1.165, 1.54) is 0 Å². The molecule has 1 aromatic carbocycles. The SMILES string of the molecule is N=C(N)CCCCOc1ccc(Cl)cc1. The fourth-order valence-electron chi connectivity index (χ4n) is 1.14. The van der Waals surface area contributed by atoms with Crippen LogP contribution < -0.4 is 10.5 Å². The molecular weight excluding hydrogens is 212 g/mol. The van der Waals surface area contributed by atoms with Crippen molar-refractivity contribution < 1.29 is 4.74 Å². The highest BCUT2D eigenvalue weighted by atomic mass is 35.5. The topological polar surface area (TPSA) is 59.1 Å². The number of unbranched alkanes of at least 4 members (excludes halogenated alkanes) is 1. The molecular formula is C11H15ClN2O. The van der Waals surface area contributed by atoms with Crippen LogP contribution >= 0.6 is 11.6 Å². The van der Waals surface area contributed by atoms with Gasteiger partial charge in [0.25, 0.3) is 0 Å². The van der Waals surface area contributed by atoms with Crippen LogP contribution in [0.3, 0.4) is 0 Å². The normalized spacial score (nSPS) is 9.93. The third-order valence-electron chi connectivity index (χ3n) is 1.92. The number of rotatable bonds is 6. The molecule has 0 bridgehead atoms. The van der Waals surface area contributed by atoms with E-state index < -0.39 is 0 Å². The number of ether oxygens (including phenoxy) is 1. The number of benzene rings is 1. The van der Waals surface area contributed by atoms with Crippen LogP contribution in [0.1, 0.15) is 19.3 Å². The van der Waals surface area contributed by atoms with Gasteiger partial charge in [-0.2, -0.15) is 0 Å². The second kappa shape index (κ2) is 6.30. The van der Waals surface area contributed by atoms with Crippen LogP contribution in [-0.4, -0.2) is 12.4 Å². The van der Waals surface area contributed by atoms with Crippen molar-refractivity contribution >= 4 is 17.4 Å². The van der Waals surface area contributed by atoms with Crippen molar-refractivity contribution in [3.8, 4) is 5.75 Å². The van der Waals surface area contributed by atoms with Gasteiger partial charge >= 0.3 is 0 Å². The van der Waals surface area contributed by atoms with Crippen LogP contribution in [0.4, 0.5) is 0 Å². The summed E-state index contributed by atoms with van der Waals surface area (Å²) in [7, 11) is 0. The maximum absolute atomic E-state index is 7.04. The smallest absolute Gasteiger partial charge is 0.119 e. The third kappa shape index (κ3) is 5.27. The minimum atomic E-state index is 0.237. The average molecular weight is 227 g/mol. The lowest BCUT2D eigenvalue weighted by molar-refractivity contribution is 0.308. The van der Waals surface area contributed by atoms with E-state index in [1.807, 2.05) is 12.1 Å². The van der Waals surface area contributed by atoms with Crippen molar-refractivity contribution in [2.45, 2.75) is 19.3 Å². The number of halogens is 1. The summed E-state index contributed by atoms with van der Waals surface area (Å²) in [6.45, 7) is 0.648. The Balaban J connectivity index is 2.15. The number of amidine groups is 1. The molecule has 1 rings (SSSR count). The number of nitrogens with one attached hydrogen (secondary N) is 1. The summed E-state index contributed by atoms with van der Waals surface area (Å²) >= 11 is 5.74. The van der Waals surface area contributed by atoms with Crippen molar-refractivity contribution in [3.63, 3.8) is 0 Å². The summed E-state index contributed by atoms with van der Waals surface area (Å²) in [6.07, 6.45) is 2.44. The van der Waals surface area contributed by atoms with Crippen LogP contribution in [0.15, 0.2) is 24.3 Å². The first-order valence-electron chi connectivity index (χ1n) is 4.90. The first kappa shape index (κ1) is 11.9. The molecule has 1 aromatic rings. The van der Waals surface area contributed by atoms with Gasteiger partial charge in [-0.3, -0.25) is 5.41 Å². The van der Waals surface area contributed by atoms with Gasteiger partial charge in [0, 0.05) is 11.4 Å². The molecule has 0 atom stereocenters. The van der Waals surface area contributed by atoms with Crippen molar-refractivity contribution in [3.05, 3.63) is 29.3 Å². The van der Waals surface area contributed by atoms with E-state index in [4.69, 9.17) is 27.5 Å². The average Bonchev–Trinajstić information content (AvgIpc) is 2.20. The molecule has 0 aromatic heterocycles. The Bertz CT molecular complexity index is 311. The van der Waals surface area contributed by atoms with E-state index in [-0.39, 0.29) is 5.84 Å². The summed E-state index contributed by atoms with van der Waals surface area (Å²) in [5, 5.41) is 7.75. The van der Waals surface area contributed by atoms with Crippen LogP contribution in [0.25, 0.3) is 0 Å². The van der Waals surface area contributed by atoms with Gasteiger partial charge in [0.15, 0.2) is 0 Å². The highest BCUT2D eigenvalue weighted by Crippen LogP contribution is 2.15. The quantitative estimate of drug-likeness (QED) is 0.445. The van der Waals surface area contributed by atoms with Crippen LogP contribution in [-0.2, 0) is 0 Å². The predicted octanol–water partition coefficient (Wildman–Crippen LogP) is 2.83. The van der Waals surface area contributed by atoms with Gasteiger partial charge in [-0.25, -0.2) is 0 Å². The fraction of sp³-hybridized carbons (Fsp3) is 0.364. The predicted molar refractivity (Wildman–Crippen MR) is 62.7 cm³/mol. The van der Waals surface area contributed by atoms with E-state index in [0.29, 0.717) is 18.1 Å². The van der Waals surface area contributed by atoms with E-state index in [1.54, 1.807) is 12.1 Å². The standard InChI is InChI=1S/C11H15ClN2O/c12-9-4-6-10(7-5-9)15-8-2-1-3-11(13)14/h4-7H,1-3,8H2,(H3,13,14). The lowest BCUT2D eigenvalue weighted by Gasteiger charge is -2.05. The second-order valence-corrected chi connectivity index (χ2v) is 3.72. The van der Waals surface area contributed by atoms with Gasteiger partial charge in [-0.1, -0.05) is 11.6 Å². The second-order valence-electron chi connectivity index (χ2n) is 3.28. The Hall–Kier alpha value is -1.22. The fourth-order valence-corrected chi connectivity index (χ4v) is 1.26. The zero-order valence-electron chi connectivity index (χ0n) is 8.50. The first-order valence-corrected chi connectivity index (χ1v) is 5.27. The van der Waals surface area contributed by atoms with Crippen molar-refractivity contribution in [1.29, 1.82) is 5.41 Å². The molecule has 0 amide bonds. The van der Waals surface area contributed by atoms with E-state index in [9.17, 15) is 0 Å². The molecule has 4 heteroatoms. The van der Waals surface area contributed by atoms with Crippen molar-refractivity contribution in [2.75, 3.05) is 6.61 Å². The molecule has 0 fully saturated rings. The number of hydrogen-bond donors (Lipinski definition) is 2. The summed E-state index contributed by atoms with van der Waals surface area (Å²) in [4.78, 5) is 0. The van der Waals surface area contributed by atoms with Crippen LogP contribution in [0, 0.1) is 5.41 Å². The van der Waals surface area contributed by atoms with Gasteiger partial charge in [-0.15, -0.1) is 0 Å². The molecule has 0 aliphatic rings. The molecule has 3 N–H and O–H groups in total. The van der Waals surface area contributed by atoms with E-state index in [0.717, 1.165) is 18.6 Å². The summed E-state index contributed by atoms with van der Waals surface area (Å²) in [6, 6.07) is 7.28. The first-order chi connectivity index (χ1) is 7.18. The monoisotopic (exact) mass is 226 g/mol. The molecule has 0 saturated carbocycles. The Morgan fingerprint density at radius 3 is 2.53 bits per heavy atom. The van der Waals surface area contributed by atoms with Gasteiger partial charge in [-0.05, 0) is 37.1 Å². The maximum Gasteiger partial charge on any atom is 0.119 e. The minimum absolute atomic E-state index is 0.237. The molecule has 3 nitrogen and oxygen atoms in total. The summed E-state index contributed by atoms with van der Waals surface area (Å²) in [5.74, 6) is 1.06. The molecule has 0 spiro atoms. The minimum Gasteiger partial charge on any atom is -0.494 e. The van der Waals surface area contributed by atoms with E-state index in [2.05, 4.69) is 0 Å². The largest absolute Gasteiger partial charge is 0.494 e. The zero-order chi connectivity index (χ0) is 11.1. The molecule has 0 heterocycles. The van der Waals surface area contributed by atoms with Crippen molar-refractivity contribution in [2.24, 2.45) is 5.73 Å². The highest BCUT2D eigenvalue weighted by molar-refractivity contribution is 6.30. The Morgan fingerprint density at radius 1 is 1.27 bits per heavy atom. The molecule has 82 valence electrons. The molecule has 15 heavy (non-hydrogen) atoms. The Morgan fingerprint density at radius 2 is 1.93 bits per heavy atom. The lowest BCUT2D eigenvalue weighted by atomic mass is 10.2. The summed E-state index contributed by atoms with van der Waals surface area (Å²) in [5.41, 5.74) is 5.23. The van der Waals surface area contributed by atoms with E-state index >= 15 is 0 Å². The lowest BCUT2D eigenvalue weighted by Crippen LogP contribution is -2.09. The number of hydrogen-bond acceptors (Lipinski definition) is 2. The Kier molecular flexibility index (Phi) is 4.98. The van der Waals surface area contributed by atoms with Gasteiger partial charge in [0.05, 0.1) is 12.4 Å². The van der Waals surface area contributed by atoms with Crippen LogP contribution in [0.2, 0.25) is 5.02 Å².